The Morgan fingerprint density at radius 1 is 0.939 bits per heavy atom. The summed E-state index contributed by atoms with van der Waals surface area (Å²) >= 11 is 12.5. The molecule has 1 unspecified atom stereocenters. The number of alkyl halides is 3. The van der Waals surface area contributed by atoms with Gasteiger partial charge < -0.3 is 9.64 Å². The van der Waals surface area contributed by atoms with E-state index in [2.05, 4.69) is 16.6 Å². The van der Waals surface area contributed by atoms with E-state index in [-0.39, 0.29) is 42.0 Å². The molecule has 8 nitrogen and oxygen atoms in total. The first-order valence-electron chi connectivity index (χ1n) is 15.3. The van der Waals surface area contributed by atoms with Crippen molar-refractivity contribution in [3.8, 4) is 17.6 Å². The van der Waals surface area contributed by atoms with Crippen LogP contribution < -0.4 is 15.4 Å². The highest BCUT2D eigenvalue weighted by atomic mass is 35.5. The van der Waals surface area contributed by atoms with Gasteiger partial charge in [0.1, 0.15) is 15.6 Å². The Hall–Kier alpha value is -3.02. The van der Waals surface area contributed by atoms with Gasteiger partial charge in [0.2, 0.25) is 0 Å². The molecule has 2 saturated heterocycles. The lowest BCUT2D eigenvalue weighted by Gasteiger charge is -2.40. The highest BCUT2D eigenvalue weighted by Gasteiger charge is 2.54. The maximum absolute atomic E-state index is 14.9. The molecule has 2 fully saturated rings. The molecule has 49 heavy (non-hydrogen) atoms. The van der Waals surface area contributed by atoms with Crippen molar-refractivity contribution in [2.24, 2.45) is 0 Å². The molecule has 1 amide bonds. The number of halogens is 6. The van der Waals surface area contributed by atoms with Crippen LogP contribution in [0.2, 0.25) is 10.0 Å². The lowest BCUT2D eigenvalue weighted by molar-refractivity contribution is -0.141. The van der Waals surface area contributed by atoms with E-state index in [9.17, 15) is 26.4 Å². The zero-order valence-corrected chi connectivity index (χ0v) is 29.8. The normalized spacial score (nSPS) is 21.4. The van der Waals surface area contributed by atoms with Crippen molar-refractivity contribution in [2.75, 3.05) is 51.3 Å². The third-order valence-corrected chi connectivity index (χ3v) is 9.76. The molecule has 0 aromatic heterocycles. The summed E-state index contributed by atoms with van der Waals surface area (Å²) in [6.07, 6.45) is -3.49. The summed E-state index contributed by atoms with van der Waals surface area (Å²) in [5, 5.41) is 8.24. The zero-order chi connectivity index (χ0) is 34.7. The fourth-order valence-electron chi connectivity index (χ4n) is 6.00. The summed E-state index contributed by atoms with van der Waals surface area (Å²) in [6, 6.07) is 17.9. The molecule has 2 N–H and O–H groups in total. The van der Waals surface area contributed by atoms with Crippen LogP contribution in [0.4, 0.5) is 13.2 Å². The van der Waals surface area contributed by atoms with Crippen molar-refractivity contribution in [3.05, 3.63) is 99.0 Å². The van der Waals surface area contributed by atoms with E-state index in [1.165, 1.54) is 24.3 Å². The molecular formula is C34H36Cl3F3N4O4S. The molecule has 2 aliphatic rings. The fraction of sp³-hybridized carbons (Fsp3) is 0.382. The fourth-order valence-corrected chi connectivity index (χ4v) is 6.84. The molecule has 3 aromatic carbocycles. The van der Waals surface area contributed by atoms with Gasteiger partial charge in [0.25, 0.3) is 5.91 Å². The highest BCUT2D eigenvalue weighted by molar-refractivity contribution is 7.90. The first kappa shape index (κ1) is 38.8. The van der Waals surface area contributed by atoms with E-state index >= 15 is 0 Å². The van der Waals surface area contributed by atoms with Crippen molar-refractivity contribution in [3.63, 3.8) is 0 Å². The maximum Gasteiger partial charge on any atom is 0.458 e. The van der Waals surface area contributed by atoms with Gasteiger partial charge in [-0.25, -0.2) is 8.42 Å². The zero-order valence-electron chi connectivity index (χ0n) is 26.7. The Morgan fingerprint density at radius 2 is 1.47 bits per heavy atom. The van der Waals surface area contributed by atoms with Crippen LogP contribution in [0.5, 0.6) is 5.75 Å². The van der Waals surface area contributed by atoms with Gasteiger partial charge >= 0.3 is 6.18 Å². The van der Waals surface area contributed by atoms with Gasteiger partial charge in [0.15, 0.2) is 5.66 Å². The van der Waals surface area contributed by atoms with E-state index < -0.39 is 33.8 Å². The van der Waals surface area contributed by atoms with Crippen molar-refractivity contribution in [1.82, 2.24) is 20.4 Å². The van der Waals surface area contributed by atoms with Gasteiger partial charge in [-0.1, -0.05) is 59.5 Å². The smallest absolute Gasteiger partial charge is 0.458 e. The monoisotopic (exact) mass is 758 g/mol. The Bertz CT molecular complexity index is 1740. The average molecular weight is 760 g/mol. The Balaban J connectivity index is 0.00000541. The van der Waals surface area contributed by atoms with Crippen molar-refractivity contribution >= 4 is 51.4 Å². The number of nitrogens with zero attached hydrogens (tertiary/aromatic N) is 2. The van der Waals surface area contributed by atoms with Crippen LogP contribution in [0, 0.1) is 11.8 Å². The van der Waals surface area contributed by atoms with E-state index in [4.69, 9.17) is 27.9 Å². The van der Waals surface area contributed by atoms with E-state index in [1.807, 2.05) is 29.2 Å². The minimum Gasteiger partial charge on any atom is -0.493 e. The molecule has 2 aliphatic heterocycles. The molecule has 264 valence electrons. The quantitative estimate of drug-likeness (QED) is 0.269. The van der Waals surface area contributed by atoms with Gasteiger partial charge in [-0.3, -0.25) is 20.3 Å². The first-order chi connectivity index (χ1) is 22.7. The molecule has 0 aliphatic carbocycles. The highest BCUT2D eigenvalue weighted by Crippen LogP contribution is 2.45. The second kappa shape index (κ2) is 15.9. The third kappa shape index (κ3) is 9.61. The predicted octanol–water partition coefficient (Wildman–Crippen LogP) is 5.74. The summed E-state index contributed by atoms with van der Waals surface area (Å²) in [5.41, 5.74) is 0.504. The molecule has 2 heterocycles. The maximum atomic E-state index is 14.9. The van der Waals surface area contributed by atoms with Gasteiger partial charge in [0.05, 0.1) is 24.4 Å². The minimum atomic E-state index is -4.68. The molecule has 0 saturated carbocycles. The number of benzene rings is 3. The molecule has 0 radical (unpaired) electrons. The number of hydrogen-bond donors (Lipinski definition) is 2. The van der Waals surface area contributed by atoms with Crippen LogP contribution in [-0.2, 0) is 20.3 Å². The summed E-state index contributed by atoms with van der Waals surface area (Å²) < 4.78 is 68.4. The number of rotatable bonds is 9. The van der Waals surface area contributed by atoms with Crippen LogP contribution in [0.1, 0.15) is 41.3 Å². The molecule has 15 heteroatoms. The van der Waals surface area contributed by atoms with Gasteiger partial charge in [-0.15, -0.1) is 12.4 Å². The van der Waals surface area contributed by atoms with Crippen LogP contribution in [-0.4, -0.2) is 81.6 Å². The second-order valence-corrected chi connectivity index (χ2v) is 14.9. The Kier molecular flexibility index (Phi) is 12.6. The molecular weight excluding hydrogens is 724 g/mol. The number of hydrogen-bond acceptors (Lipinski definition) is 7. The van der Waals surface area contributed by atoms with Crippen molar-refractivity contribution in [2.45, 2.75) is 30.8 Å². The van der Waals surface area contributed by atoms with Gasteiger partial charge in [-0.2, -0.15) is 13.2 Å². The lowest BCUT2D eigenvalue weighted by Crippen LogP contribution is -2.62. The van der Waals surface area contributed by atoms with E-state index in [0.29, 0.717) is 48.3 Å². The first-order valence-corrected chi connectivity index (χ1v) is 18.1. The predicted molar refractivity (Wildman–Crippen MR) is 187 cm³/mol. The average Bonchev–Trinajstić information content (AvgIpc) is 3.45. The third-order valence-electron chi connectivity index (χ3n) is 8.33. The summed E-state index contributed by atoms with van der Waals surface area (Å²) in [7, 11) is -3.15. The molecule has 0 spiro atoms. The van der Waals surface area contributed by atoms with E-state index in [0.717, 1.165) is 11.1 Å². The van der Waals surface area contributed by atoms with Gasteiger partial charge in [0, 0.05) is 66.1 Å². The van der Waals surface area contributed by atoms with Crippen LogP contribution in [0.3, 0.4) is 0 Å². The number of nitrogens with one attached hydrogen (secondary N) is 2. The number of ether oxygens (including phenoxy) is 1. The minimum absolute atomic E-state index is 0. The summed E-state index contributed by atoms with van der Waals surface area (Å²) in [5.74, 6) is 3.33. The molecule has 5 rings (SSSR count). The molecule has 3 aromatic rings. The second-order valence-electron chi connectivity index (χ2n) is 11.8. The number of carbonyl (C=O) groups excluding carboxylic acids is 1. The van der Waals surface area contributed by atoms with Crippen molar-refractivity contribution < 1.29 is 31.1 Å². The summed E-state index contributed by atoms with van der Waals surface area (Å²) in [4.78, 5) is 18.6. The Morgan fingerprint density at radius 3 is 1.94 bits per heavy atom. The largest absolute Gasteiger partial charge is 0.493 e. The standard InChI is InChI=1S/C34H35Cl2F3N4O4S.ClH/c1-3-47-29-22-23(14-15-33(37,38)39)4-13-28(29)34(32(44)43-18-16-42(17-19-43)20-21-48(2,45)46)40-30(24-5-9-26(35)10-6-24)31(41-34)25-7-11-27(36)12-8-25;/h4-13,22,30-31,40-41H,3,16-21H2,1-2H3;1H/t30-,31+,34?;. The summed E-state index contributed by atoms with van der Waals surface area (Å²) in [6.45, 7) is 3.84. The van der Waals surface area contributed by atoms with Gasteiger partial charge in [-0.05, 0) is 54.4 Å². The van der Waals surface area contributed by atoms with Crippen LogP contribution in [0.15, 0.2) is 66.7 Å². The molecule has 0 bridgehead atoms. The number of amides is 1. The number of carbonyl (C=O) groups is 1. The lowest BCUT2D eigenvalue weighted by atomic mass is 9.95. The Labute approximate surface area is 300 Å². The van der Waals surface area contributed by atoms with Crippen LogP contribution in [0.25, 0.3) is 0 Å². The number of sulfone groups is 1. The van der Waals surface area contributed by atoms with Crippen LogP contribution >= 0.6 is 35.6 Å². The SMILES string of the molecule is CCOc1cc(C#CC(F)(F)F)ccc1C1(C(=O)N2CCN(CCS(C)(=O)=O)CC2)N[C@H](c2ccc(Cl)cc2)[C@H](c2ccc(Cl)cc2)N1.Cl. The topological polar surface area (TPSA) is 91.0 Å². The van der Waals surface area contributed by atoms with E-state index in [1.54, 1.807) is 42.2 Å². The van der Waals surface area contributed by atoms with Crippen molar-refractivity contribution in [1.29, 1.82) is 0 Å². The number of piperazine rings is 1. The molecule has 3 atom stereocenters.